The Morgan fingerprint density at radius 2 is 2.00 bits per heavy atom. The molecule has 0 aliphatic carbocycles. The maximum atomic E-state index is 6.08. The van der Waals surface area contributed by atoms with Gasteiger partial charge in [0.15, 0.2) is 0 Å². The molecule has 0 radical (unpaired) electrons. The summed E-state index contributed by atoms with van der Waals surface area (Å²) < 4.78 is 2.03. The van der Waals surface area contributed by atoms with Gasteiger partial charge in [-0.05, 0) is 55.6 Å². The van der Waals surface area contributed by atoms with Crippen LogP contribution in [0, 0.1) is 0 Å². The molecule has 1 aromatic carbocycles. The Morgan fingerprint density at radius 3 is 2.63 bits per heavy atom. The highest BCUT2D eigenvalue weighted by Crippen LogP contribution is 2.22. The molecule has 0 amide bonds. The summed E-state index contributed by atoms with van der Waals surface area (Å²) in [5, 5.41) is 5.42. The number of aromatic nitrogens is 2. The van der Waals surface area contributed by atoms with Gasteiger partial charge < -0.3 is 5.73 Å². The predicted octanol–water partition coefficient (Wildman–Crippen LogP) is 3.15. The molecule has 0 unspecified atom stereocenters. The van der Waals surface area contributed by atoms with E-state index in [0.29, 0.717) is 6.54 Å². The zero-order valence-electron chi connectivity index (χ0n) is 11.5. The van der Waals surface area contributed by atoms with E-state index in [0.717, 1.165) is 41.2 Å². The third kappa shape index (κ3) is 2.99. The van der Waals surface area contributed by atoms with Crippen LogP contribution in [0.25, 0.3) is 5.69 Å². The first kappa shape index (κ1) is 14.1. The van der Waals surface area contributed by atoms with Crippen LogP contribution >= 0.6 is 11.6 Å². The summed E-state index contributed by atoms with van der Waals surface area (Å²) in [5.41, 5.74) is 10.3. The zero-order chi connectivity index (χ0) is 13.8. The van der Waals surface area contributed by atoms with E-state index in [-0.39, 0.29) is 0 Å². The highest BCUT2D eigenvalue weighted by Gasteiger charge is 2.11. The molecule has 2 aromatic rings. The second-order valence-corrected chi connectivity index (χ2v) is 4.99. The van der Waals surface area contributed by atoms with E-state index < -0.39 is 0 Å². The minimum atomic E-state index is 0.608. The number of hydrogen-bond donors (Lipinski definition) is 1. The highest BCUT2D eigenvalue weighted by molar-refractivity contribution is 6.30. The van der Waals surface area contributed by atoms with E-state index in [4.69, 9.17) is 17.3 Å². The third-order valence-corrected chi connectivity index (χ3v) is 3.48. The summed E-state index contributed by atoms with van der Waals surface area (Å²) in [6, 6.07) is 8.08. The second kappa shape index (κ2) is 6.22. The van der Waals surface area contributed by atoms with Gasteiger partial charge in [-0.1, -0.05) is 25.4 Å². The van der Waals surface area contributed by atoms with Crippen LogP contribution in [-0.2, 0) is 19.3 Å². The average Bonchev–Trinajstić information content (AvgIpc) is 2.82. The van der Waals surface area contributed by atoms with Gasteiger partial charge in [0.05, 0.1) is 11.4 Å². The summed E-state index contributed by atoms with van der Waals surface area (Å²) in [5.74, 6) is 0. The van der Waals surface area contributed by atoms with E-state index >= 15 is 0 Å². The Kier molecular flexibility index (Phi) is 4.61. The van der Waals surface area contributed by atoms with Crippen LogP contribution < -0.4 is 5.73 Å². The van der Waals surface area contributed by atoms with Crippen molar-refractivity contribution in [3.05, 3.63) is 46.2 Å². The van der Waals surface area contributed by atoms with Gasteiger partial charge in [0.2, 0.25) is 0 Å². The van der Waals surface area contributed by atoms with Gasteiger partial charge in [-0.15, -0.1) is 0 Å². The number of aryl methyl sites for hydroxylation is 2. The van der Waals surface area contributed by atoms with Gasteiger partial charge in [-0.2, -0.15) is 5.10 Å². The van der Waals surface area contributed by atoms with Crippen molar-refractivity contribution in [2.24, 2.45) is 5.73 Å². The first-order chi connectivity index (χ1) is 9.19. The first-order valence-electron chi connectivity index (χ1n) is 6.76. The van der Waals surface area contributed by atoms with Crippen LogP contribution in [0.15, 0.2) is 24.3 Å². The molecule has 102 valence electrons. The van der Waals surface area contributed by atoms with Crippen molar-refractivity contribution in [2.45, 2.75) is 33.1 Å². The Morgan fingerprint density at radius 1 is 1.21 bits per heavy atom. The van der Waals surface area contributed by atoms with Crippen LogP contribution in [0.1, 0.15) is 30.8 Å². The maximum Gasteiger partial charge on any atom is 0.0682 e. The van der Waals surface area contributed by atoms with Crippen LogP contribution in [-0.4, -0.2) is 16.3 Å². The van der Waals surface area contributed by atoms with Crippen molar-refractivity contribution in [2.75, 3.05) is 6.54 Å². The molecule has 0 aliphatic rings. The van der Waals surface area contributed by atoms with Crippen molar-refractivity contribution in [3.63, 3.8) is 0 Å². The van der Waals surface area contributed by atoms with Gasteiger partial charge in [0, 0.05) is 10.7 Å². The lowest BCUT2D eigenvalue weighted by molar-refractivity contribution is 0.780. The predicted molar refractivity (Wildman–Crippen MR) is 80.1 cm³/mol. The van der Waals surface area contributed by atoms with Crippen LogP contribution in [0.4, 0.5) is 0 Å². The van der Waals surface area contributed by atoms with Crippen LogP contribution in [0.3, 0.4) is 0 Å². The smallest absolute Gasteiger partial charge is 0.0682 e. The molecule has 0 saturated carbocycles. The number of nitrogens with zero attached hydrogens (tertiary/aromatic N) is 2. The number of hydrogen-bond acceptors (Lipinski definition) is 2. The van der Waals surface area contributed by atoms with Gasteiger partial charge in [-0.25, -0.2) is 4.68 Å². The molecule has 0 aliphatic heterocycles. The average molecular weight is 278 g/mol. The first-order valence-corrected chi connectivity index (χ1v) is 7.14. The number of nitrogens with two attached hydrogens (primary N) is 1. The molecule has 0 spiro atoms. The van der Waals surface area contributed by atoms with E-state index in [2.05, 4.69) is 25.0 Å². The van der Waals surface area contributed by atoms with Crippen LogP contribution in [0.2, 0.25) is 5.02 Å². The fraction of sp³-hybridized carbons (Fsp3) is 0.400. The molecule has 4 heteroatoms. The molecular weight excluding hydrogens is 258 g/mol. The number of rotatable bonds is 5. The summed E-state index contributed by atoms with van der Waals surface area (Å²) >= 11 is 6.08. The molecule has 19 heavy (non-hydrogen) atoms. The monoisotopic (exact) mass is 277 g/mol. The van der Waals surface area contributed by atoms with Crippen molar-refractivity contribution >= 4 is 11.6 Å². The summed E-state index contributed by atoms with van der Waals surface area (Å²) in [6.07, 6.45) is 2.71. The molecule has 2 N–H and O–H groups in total. The van der Waals surface area contributed by atoms with E-state index in [1.165, 1.54) is 5.69 Å². The Labute approximate surface area is 119 Å². The van der Waals surface area contributed by atoms with E-state index in [1.54, 1.807) is 0 Å². The molecule has 0 fully saturated rings. The molecule has 0 atom stereocenters. The highest BCUT2D eigenvalue weighted by atomic mass is 35.5. The standard InChI is InChI=1S/C15H20ClN3/c1-3-13-10-14(4-2)19(18-13)15-6-5-12(16)9-11(15)7-8-17/h5-6,9-10H,3-4,7-8,17H2,1-2H3. The SMILES string of the molecule is CCc1cc(CC)n(-c2ccc(Cl)cc2CCN)n1. The van der Waals surface area contributed by atoms with Gasteiger partial charge in [-0.3, -0.25) is 0 Å². The topological polar surface area (TPSA) is 43.8 Å². The van der Waals surface area contributed by atoms with Crippen molar-refractivity contribution in [1.82, 2.24) is 9.78 Å². The third-order valence-electron chi connectivity index (χ3n) is 3.24. The summed E-state index contributed by atoms with van der Waals surface area (Å²) in [4.78, 5) is 0. The minimum Gasteiger partial charge on any atom is -0.330 e. The van der Waals surface area contributed by atoms with Crippen molar-refractivity contribution in [3.8, 4) is 5.69 Å². The van der Waals surface area contributed by atoms with E-state index in [9.17, 15) is 0 Å². The Hall–Kier alpha value is -1.32. The fourth-order valence-corrected chi connectivity index (χ4v) is 2.42. The zero-order valence-corrected chi connectivity index (χ0v) is 12.2. The van der Waals surface area contributed by atoms with Crippen molar-refractivity contribution < 1.29 is 0 Å². The number of benzene rings is 1. The normalized spacial score (nSPS) is 10.9. The minimum absolute atomic E-state index is 0.608. The number of halogens is 1. The lowest BCUT2D eigenvalue weighted by atomic mass is 10.1. The van der Waals surface area contributed by atoms with E-state index in [1.807, 2.05) is 22.9 Å². The molecule has 0 saturated heterocycles. The molecule has 3 nitrogen and oxygen atoms in total. The van der Waals surface area contributed by atoms with Crippen molar-refractivity contribution in [1.29, 1.82) is 0 Å². The molecule has 2 rings (SSSR count). The lowest BCUT2D eigenvalue weighted by Crippen LogP contribution is -2.09. The second-order valence-electron chi connectivity index (χ2n) is 4.56. The molecule has 1 heterocycles. The summed E-state index contributed by atoms with van der Waals surface area (Å²) in [6.45, 7) is 4.87. The van der Waals surface area contributed by atoms with Gasteiger partial charge in [0.25, 0.3) is 0 Å². The van der Waals surface area contributed by atoms with Gasteiger partial charge in [0.1, 0.15) is 0 Å². The Balaban J connectivity index is 2.53. The lowest BCUT2D eigenvalue weighted by Gasteiger charge is -2.12. The maximum absolute atomic E-state index is 6.08. The Bertz CT molecular complexity index is 561. The molecule has 0 bridgehead atoms. The largest absolute Gasteiger partial charge is 0.330 e. The van der Waals surface area contributed by atoms with Crippen LogP contribution in [0.5, 0.6) is 0 Å². The summed E-state index contributed by atoms with van der Waals surface area (Å²) in [7, 11) is 0. The quantitative estimate of drug-likeness (QED) is 0.912. The fourth-order valence-electron chi connectivity index (χ4n) is 2.22. The molecular formula is C15H20ClN3. The van der Waals surface area contributed by atoms with Gasteiger partial charge >= 0.3 is 0 Å². The molecule has 1 aromatic heterocycles.